The number of hydrogen-bond acceptors (Lipinski definition) is 7. The van der Waals surface area contributed by atoms with Crippen LogP contribution in [0.5, 0.6) is 11.5 Å². The molecular weight excluding hydrogens is 495 g/mol. The van der Waals surface area contributed by atoms with Crippen LogP contribution in [0.1, 0.15) is 21.0 Å². The third kappa shape index (κ3) is 5.28. The van der Waals surface area contributed by atoms with E-state index in [4.69, 9.17) is 4.74 Å². The van der Waals surface area contributed by atoms with Gasteiger partial charge in [0.25, 0.3) is 11.8 Å². The zero-order valence-corrected chi connectivity index (χ0v) is 19.7. The summed E-state index contributed by atoms with van der Waals surface area (Å²) in [7, 11) is 3.04. The number of nitrogens with zero attached hydrogens (tertiary/aromatic N) is 2. The van der Waals surface area contributed by atoms with E-state index in [1.807, 2.05) is 0 Å². The second kappa shape index (κ2) is 10.4. The van der Waals surface area contributed by atoms with Crippen molar-refractivity contribution in [2.75, 3.05) is 24.7 Å². The van der Waals surface area contributed by atoms with E-state index in [9.17, 15) is 22.8 Å². The van der Waals surface area contributed by atoms with Gasteiger partial charge in [-0.2, -0.15) is 0 Å². The fraction of sp³-hybridized carbons (Fsp3) is 0.0833. The Kier molecular flexibility index (Phi) is 7.15. The molecule has 0 unspecified atom stereocenters. The van der Waals surface area contributed by atoms with Crippen LogP contribution in [0.3, 0.4) is 0 Å². The van der Waals surface area contributed by atoms with E-state index in [2.05, 4.69) is 25.9 Å². The second-order valence-electron chi connectivity index (χ2n) is 7.23. The maximum Gasteiger partial charge on any atom is 0.275 e. The zero-order valence-electron chi connectivity index (χ0n) is 18.9. The summed E-state index contributed by atoms with van der Waals surface area (Å²) < 4.78 is 48.2. The quantitative estimate of drug-likeness (QED) is 0.319. The van der Waals surface area contributed by atoms with E-state index in [1.54, 1.807) is 7.05 Å². The summed E-state index contributed by atoms with van der Waals surface area (Å²) in [6, 6.07) is 9.63. The maximum atomic E-state index is 14.8. The fourth-order valence-electron chi connectivity index (χ4n) is 3.12. The van der Waals surface area contributed by atoms with Gasteiger partial charge in [0.1, 0.15) is 23.0 Å². The highest BCUT2D eigenvalue weighted by Gasteiger charge is 2.22. The van der Waals surface area contributed by atoms with Crippen molar-refractivity contribution in [1.82, 2.24) is 15.3 Å². The standard InChI is InChI=1S/C24H18F3N5O3S/c1-28-22(33)18-9-14(7-8-30-18)35-19-11-15(26)17(10-16(19)27)31-23(34)20-21(36-24(29-2)32-20)12-3-5-13(25)6-4-12/h3-11H,1-2H3,(H,28,33)(H,29,32)(H,31,34). The summed E-state index contributed by atoms with van der Waals surface area (Å²) in [5, 5.41) is 7.95. The number of halogens is 3. The predicted octanol–water partition coefficient (Wildman–Crippen LogP) is 5.07. The van der Waals surface area contributed by atoms with Gasteiger partial charge in [-0.3, -0.25) is 14.6 Å². The zero-order chi connectivity index (χ0) is 25.8. The van der Waals surface area contributed by atoms with Crippen molar-refractivity contribution in [2.24, 2.45) is 0 Å². The van der Waals surface area contributed by atoms with Crippen LogP contribution < -0.4 is 20.7 Å². The molecule has 8 nitrogen and oxygen atoms in total. The SMILES string of the molecule is CNC(=O)c1cc(Oc2cc(F)c(NC(=O)c3nc(NC)sc3-c3ccc(F)cc3)cc2F)ccn1. The van der Waals surface area contributed by atoms with Crippen LogP contribution >= 0.6 is 11.3 Å². The van der Waals surface area contributed by atoms with Gasteiger partial charge in [0.05, 0.1) is 10.6 Å². The number of pyridine rings is 1. The molecule has 0 bridgehead atoms. The molecule has 4 aromatic rings. The molecule has 2 amide bonds. The Morgan fingerprint density at radius 3 is 2.39 bits per heavy atom. The summed E-state index contributed by atoms with van der Waals surface area (Å²) in [6.45, 7) is 0. The van der Waals surface area contributed by atoms with Crippen LogP contribution in [0.25, 0.3) is 10.4 Å². The molecule has 0 saturated carbocycles. The number of ether oxygens (including phenoxy) is 1. The highest BCUT2D eigenvalue weighted by Crippen LogP contribution is 2.34. The van der Waals surface area contributed by atoms with Gasteiger partial charge in [0.2, 0.25) is 0 Å². The number of anilines is 2. The van der Waals surface area contributed by atoms with Crippen molar-refractivity contribution in [3.8, 4) is 21.9 Å². The Morgan fingerprint density at radius 1 is 0.944 bits per heavy atom. The van der Waals surface area contributed by atoms with Crippen molar-refractivity contribution in [1.29, 1.82) is 0 Å². The molecule has 0 aliphatic carbocycles. The van der Waals surface area contributed by atoms with Gasteiger partial charge < -0.3 is 20.7 Å². The normalized spacial score (nSPS) is 10.6. The molecule has 0 aliphatic rings. The van der Waals surface area contributed by atoms with Crippen molar-refractivity contribution in [3.05, 3.63) is 83.6 Å². The first-order valence-electron chi connectivity index (χ1n) is 10.4. The number of carbonyl (C=O) groups excluding carboxylic acids is 2. The van der Waals surface area contributed by atoms with Crippen molar-refractivity contribution >= 4 is 34.0 Å². The summed E-state index contributed by atoms with van der Waals surface area (Å²) in [5.41, 5.74) is 0.0784. The molecule has 4 rings (SSSR count). The summed E-state index contributed by atoms with van der Waals surface area (Å²) in [6.07, 6.45) is 1.29. The average molecular weight is 514 g/mol. The molecule has 12 heteroatoms. The lowest BCUT2D eigenvalue weighted by Gasteiger charge is -2.11. The van der Waals surface area contributed by atoms with E-state index in [1.165, 1.54) is 49.6 Å². The van der Waals surface area contributed by atoms with Crippen LogP contribution in [0.2, 0.25) is 0 Å². The molecule has 0 fully saturated rings. The average Bonchev–Trinajstić information content (AvgIpc) is 3.32. The van der Waals surface area contributed by atoms with Crippen LogP contribution in [0, 0.1) is 17.5 Å². The molecule has 0 radical (unpaired) electrons. The Bertz CT molecular complexity index is 1440. The first kappa shape index (κ1) is 24.7. The molecular formula is C24H18F3N5O3S. The largest absolute Gasteiger partial charge is 0.454 e. The Morgan fingerprint density at radius 2 is 1.69 bits per heavy atom. The lowest BCUT2D eigenvalue weighted by atomic mass is 10.1. The third-order valence-corrected chi connectivity index (χ3v) is 5.97. The molecule has 0 aliphatic heterocycles. The molecule has 0 atom stereocenters. The van der Waals surface area contributed by atoms with E-state index in [-0.39, 0.29) is 17.1 Å². The van der Waals surface area contributed by atoms with Crippen molar-refractivity contribution < 1.29 is 27.5 Å². The van der Waals surface area contributed by atoms with Gasteiger partial charge in [-0.15, -0.1) is 0 Å². The molecule has 36 heavy (non-hydrogen) atoms. The van der Waals surface area contributed by atoms with Gasteiger partial charge in [-0.05, 0) is 23.8 Å². The van der Waals surface area contributed by atoms with Gasteiger partial charge in [-0.25, -0.2) is 18.2 Å². The Labute approximate surface area is 207 Å². The minimum Gasteiger partial charge on any atom is -0.454 e. The van der Waals surface area contributed by atoms with E-state index in [0.717, 1.165) is 23.5 Å². The van der Waals surface area contributed by atoms with Crippen LogP contribution in [0.15, 0.2) is 54.7 Å². The summed E-state index contributed by atoms with van der Waals surface area (Å²) >= 11 is 1.15. The molecule has 2 aromatic carbocycles. The number of hydrogen-bond donors (Lipinski definition) is 3. The number of carbonyl (C=O) groups is 2. The first-order valence-corrected chi connectivity index (χ1v) is 11.2. The number of thiazole rings is 1. The van der Waals surface area contributed by atoms with E-state index < -0.39 is 40.7 Å². The summed E-state index contributed by atoms with van der Waals surface area (Å²) in [4.78, 5) is 33.2. The van der Waals surface area contributed by atoms with Gasteiger partial charge in [0.15, 0.2) is 22.5 Å². The highest BCUT2D eigenvalue weighted by molar-refractivity contribution is 7.19. The number of aromatic nitrogens is 2. The maximum absolute atomic E-state index is 14.8. The minimum atomic E-state index is -0.965. The highest BCUT2D eigenvalue weighted by atomic mass is 32.1. The van der Waals surface area contributed by atoms with Gasteiger partial charge in [0, 0.05) is 38.5 Å². The topological polar surface area (TPSA) is 105 Å². The number of benzene rings is 2. The lowest BCUT2D eigenvalue weighted by Crippen LogP contribution is -2.19. The van der Waals surface area contributed by atoms with Crippen LogP contribution in [0.4, 0.5) is 24.0 Å². The lowest BCUT2D eigenvalue weighted by molar-refractivity contribution is 0.0957. The molecule has 2 aromatic heterocycles. The number of rotatable bonds is 7. The molecule has 0 saturated heterocycles. The minimum absolute atomic E-state index is 0.0286. The Balaban J connectivity index is 1.58. The predicted molar refractivity (Wildman–Crippen MR) is 129 cm³/mol. The van der Waals surface area contributed by atoms with Crippen molar-refractivity contribution in [3.63, 3.8) is 0 Å². The summed E-state index contributed by atoms with van der Waals surface area (Å²) in [5.74, 6) is -4.04. The van der Waals surface area contributed by atoms with Gasteiger partial charge >= 0.3 is 0 Å². The van der Waals surface area contributed by atoms with Gasteiger partial charge in [-0.1, -0.05) is 23.5 Å². The van der Waals surface area contributed by atoms with Crippen molar-refractivity contribution in [2.45, 2.75) is 0 Å². The molecule has 184 valence electrons. The van der Waals surface area contributed by atoms with Crippen LogP contribution in [-0.2, 0) is 0 Å². The second-order valence-corrected chi connectivity index (χ2v) is 8.23. The van der Waals surface area contributed by atoms with Crippen LogP contribution in [-0.4, -0.2) is 35.9 Å². The number of amides is 2. The number of nitrogens with one attached hydrogen (secondary N) is 3. The Hall–Kier alpha value is -4.45. The molecule has 0 spiro atoms. The third-order valence-electron chi connectivity index (χ3n) is 4.85. The molecule has 3 N–H and O–H groups in total. The smallest absolute Gasteiger partial charge is 0.275 e. The fourth-order valence-corrected chi connectivity index (χ4v) is 4.04. The van der Waals surface area contributed by atoms with E-state index >= 15 is 0 Å². The monoisotopic (exact) mass is 513 g/mol. The first-order chi connectivity index (χ1) is 17.3. The van der Waals surface area contributed by atoms with E-state index in [0.29, 0.717) is 15.6 Å². The molecule has 2 heterocycles.